The Morgan fingerprint density at radius 3 is 3.00 bits per heavy atom. The zero-order valence-electron chi connectivity index (χ0n) is 9.99. The molecule has 1 aliphatic rings. The molecule has 2 rings (SSSR count). The number of likely N-dealkylation sites (tertiary alicyclic amines) is 1. The van der Waals surface area contributed by atoms with Gasteiger partial charge in [0.25, 0.3) is 0 Å². The molecule has 0 saturated carbocycles. The van der Waals surface area contributed by atoms with Crippen molar-refractivity contribution in [3.05, 3.63) is 29.0 Å². The molecule has 1 saturated heterocycles. The number of nitrogens with zero attached hydrogens (tertiary/aromatic N) is 2. The molecule has 88 valence electrons. The van der Waals surface area contributed by atoms with Crippen molar-refractivity contribution in [2.24, 2.45) is 0 Å². The molecule has 0 spiro atoms. The van der Waals surface area contributed by atoms with Crippen LogP contribution in [0.2, 0.25) is 5.15 Å². The lowest BCUT2D eigenvalue weighted by molar-refractivity contribution is 0.189. The number of hydrogen-bond acceptors (Lipinski definition) is 2. The van der Waals surface area contributed by atoms with Crippen LogP contribution in [0.1, 0.15) is 38.7 Å². The molecule has 0 amide bonds. The first-order valence-corrected chi connectivity index (χ1v) is 6.44. The molecule has 2 atom stereocenters. The zero-order valence-corrected chi connectivity index (χ0v) is 10.7. The van der Waals surface area contributed by atoms with Crippen molar-refractivity contribution in [1.82, 2.24) is 9.88 Å². The van der Waals surface area contributed by atoms with Gasteiger partial charge >= 0.3 is 0 Å². The van der Waals surface area contributed by atoms with E-state index in [2.05, 4.69) is 29.8 Å². The first kappa shape index (κ1) is 11.9. The van der Waals surface area contributed by atoms with Crippen LogP contribution in [0.15, 0.2) is 18.3 Å². The fourth-order valence-corrected chi connectivity index (χ4v) is 2.80. The quantitative estimate of drug-likeness (QED) is 0.750. The smallest absolute Gasteiger partial charge is 0.129 e. The maximum Gasteiger partial charge on any atom is 0.129 e. The maximum absolute atomic E-state index is 5.91. The van der Waals surface area contributed by atoms with E-state index in [0.29, 0.717) is 11.2 Å². The van der Waals surface area contributed by atoms with E-state index in [9.17, 15) is 0 Å². The molecule has 3 heteroatoms. The summed E-state index contributed by atoms with van der Waals surface area (Å²) in [6.45, 7) is 5.59. The molecule has 16 heavy (non-hydrogen) atoms. The summed E-state index contributed by atoms with van der Waals surface area (Å²) in [6.07, 6.45) is 5.68. The van der Waals surface area contributed by atoms with E-state index in [1.165, 1.54) is 24.8 Å². The van der Waals surface area contributed by atoms with Gasteiger partial charge in [0.2, 0.25) is 0 Å². The molecular formula is C13H19ClN2. The monoisotopic (exact) mass is 238 g/mol. The van der Waals surface area contributed by atoms with E-state index >= 15 is 0 Å². The molecule has 1 aromatic rings. The fraction of sp³-hybridized carbons (Fsp3) is 0.615. The lowest BCUT2D eigenvalue weighted by Crippen LogP contribution is -2.33. The third kappa shape index (κ3) is 2.55. The van der Waals surface area contributed by atoms with Crippen LogP contribution in [0.4, 0.5) is 0 Å². The second-order valence-electron chi connectivity index (χ2n) is 4.65. The molecule has 0 radical (unpaired) electrons. The van der Waals surface area contributed by atoms with Gasteiger partial charge in [-0.1, -0.05) is 18.5 Å². The van der Waals surface area contributed by atoms with Crippen LogP contribution in [0, 0.1) is 0 Å². The Kier molecular flexibility index (Phi) is 3.82. The van der Waals surface area contributed by atoms with Gasteiger partial charge in [-0.15, -0.1) is 0 Å². The van der Waals surface area contributed by atoms with E-state index in [4.69, 9.17) is 11.6 Å². The van der Waals surface area contributed by atoms with Crippen LogP contribution in [0.5, 0.6) is 0 Å². The van der Waals surface area contributed by atoms with E-state index in [-0.39, 0.29) is 0 Å². The average Bonchev–Trinajstić information content (AvgIpc) is 2.60. The summed E-state index contributed by atoms with van der Waals surface area (Å²) >= 11 is 5.91. The Morgan fingerprint density at radius 1 is 1.50 bits per heavy atom. The predicted octanol–water partition coefficient (Wildman–Crippen LogP) is 3.50. The highest BCUT2D eigenvalue weighted by Crippen LogP contribution is 2.27. The van der Waals surface area contributed by atoms with Crippen LogP contribution in [-0.2, 0) is 6.54 Å². The Bertz CT molecular complexity index is 354. The Hall–Kier alpha value is -0.600. The van der Waals surface area contributed by atoms with Gasteiger partial charge in [-0.3, -0.25) is 4.90 Å². The highest BCUT2D eigenvalue weighted by molar-refractivity contribution is 6.29. The maximum atomic E-state index is 5.91. The number of hydrogen-bond donors (Lipinski definition) is 0. The van der Waals surface area contributed by atoms with Crippen LogP contribution in [0.3, 0.4) is 0 Å². The minimum absolute atomic E-state index is 0.595. The van der Waals surface area contributed by atoms with Crippen molar-refractivity contribution in [1.29, 1.82) is 0 Å². The van der Waals surface area contributed by atoms with Gasteiger partial charge in [0.15, 0.2) is 0 Å². The zero-order chi connectivity index (χ0) is 11.5. The largest absolute Gasteiger partial charge is 0.293 e. The summed E-state index contributed by atoms with van der Waals surface area (Å²) in [5, 5.41) is 0.595. The molecule has 0 N–H and O–H groups in total. The lowest BCUT2D eigenvalue weighted by Gasteiger charge is -2.27. The summed E-state index contributed by atoms with van der Waals surface area (Å²) in [5.74, 6) is 0. The molecule has 2 heterocycles. The number of aromatic nitrogens is 1. The summed E-state index contributed by atoms with van der Waals surface area (Å²) < 4.78 is 0. The van der Waals surface area contributed by atoms with Gasteiger partial charge in [-0.05, 0) is 43.9 Å². The molecule has 0 bridgehead atoms. The third-order valence-corrected chi connectivity index (χ3v) is 3.79. The normalized spacial score (nSPS) is 26.2. The van der Waals surface area contributed by atoms with Crippen LogP contribution < -0.4 is 0 Å². The molecule has 1 aliphatic heterocycles. The van der Waals surface area contributed by atoms with Gasteiger partial charge in [-0.2, -0.15) is 0 Å². The SMILES string of the molecule is CCC1CCC(C)N1Cc1ccnc(Cl)c1. The minimum atomic E-state index is 0.595. The first-order chi connectivity index (χ1) is 7.70. The fourth-order valence-electron chi connectivity index (χ4n) is 2.60. The molecule has 2 nitrogen and oxygen atoms in total. The van der Waals surface area contributed by atoms with E-state index in [0.717, 1.165) is 12.6 Å². The van der Waals surface area contributed by atoms with Crippen molar-refractivity contribution in [2.75, 3.05) is 0 Å². The van der Waals surface area contributed by atoms with Crippen molar-refractivity contribution < 1.29 is 0 Å². The number of halogens is 1. The van der Waals surface area contributed by atoms with Crippen molar-refractivity contribution >= 4 is 11.6 Å². The van der Waals surface area contributed by atoms with Crippen LogP contribution in [-0.4, -0.2) is 22.0 Å². The highest BCUT2D eigenvalue weighted by atomic mass is 35.5. The number of rotatable bonds is 3. The van der Waals surface area contributed by atoms with Crippen molar-refractivity contribution in [3.63, 3.8) is 0 Å². The summed E-state index contributed by atoms with van der Waals surface area (Å²) in [7, 11) is 0. The van der Waals surface area contributed by atoms with Crippen LogP contribution in [0.25, 0.3) is 0 Å². The van der Waals surface area contributed by atoms with E-state index in [1.807, 2.05) is 6.07 Å². The predicted molar refractivity (Wildman–Crippen MR) is 67.6 cm³/mol. The standard InChI is InChI=1S/C13H19ClN2/c1-3-12-5-4-10(2)16(12)9-11-6-7-15-13(14)8-11/h6-8,10,12H,3-5,9H2,1-2H3. The van der Waals surface area contributed by atoms with E-state index in [1.54, 1.807) is 6.20 Å². The topological polar surface area (TPSA) is 16.1 Å². The second kappa shape index (κ2) is 5.15. The van der Waals surface area contributed by atoms with Crippen LogP contribution >= 0.6 is 11.6 Å². The Balaban J connectivity index is 2.08. The Morgan fingerprint density at radius 2 is 2.31 bits per heavy atom. The minimum Gasteiger partial charge on any atom is -0.293 e. The van der Waals surface area contributed by atoms with Crippen molar-refractivity contribution in [2.45, 2.75) is 51.7 Å². The molecule has 0 aliphatic carbocycles. The molecule has 2 unspecified atom stereocenters. The highest BCUT2D eigenvalue weighted by Gasteiger charge is 2.28. The Labute approximate surface area is 103 Å². The lowest BCUT2D eigenvalue weighted by atomic mass is 10.1. The first-order valence-electron chi connectivity index (χ1n) is 6.07. The molecule has 1 fully saturated rings. The van der Waals surface area contributed by atoms with Gasteiger partial charge in [0.05, 0.1) is 0 Å². The molecule has 0 aromatic carbocycles. The van der Waals surface area contributed by atoms with Gasteiger partial charge < -0.3 is 0 Å². The average molecular weight is 239 g/mol. The van der Waals surface area contributed by atoms with Crippen molar-refractivity contribution in [3.8, 4) is 0 Å². The van der Waals surface area contributed by atoms with Gasteiger partial charge in [0.1, 0.15) is 5.15 Å². The molecule has 1 aromatic heterocycles. The van der Waals surface area contributed by atoms with Gasteiger partial charge in [0, 0.05) is 24.8 Å². The summed E-state index contributed by atoms with van der Waals surface area (Å²) in [4.78, 5) is 6.61. The number of pyridine rings is 1. The van der Waals surface area contributed by atoms with Gasteiger partial charge in [-0.25, -0.2) is 4.98 Å². The van der Waals surface area contributed by atoms with E-state index < -0.39 is 0 Å². The second-order valence-corrected chi connectivity index (χ2v) is 5.03. The third-order valence-electron chi connectivity index (χ3n) is 3.58. The summed E-state index contributed by atoms with van der Waals surface area (Å²) in [5.41, 5.74) is 1.27. The molecular weight excluding hydrogens is 220 g/mol. The summed E-state index contributed by atoms with van der Waals surface area (Å²) in [6, 6.07) is 5.46.